The summed E-state index contributed by atoms with van der Waals surface area (Å²) in [4.78, 5) is 0.903. The summed E-state index contributed by atoms with van der Waals surface area (Å²) >= 11 is 1.29. The van der Waals surface area contributed by atoms with E-state index in [9.17, 15) is 16.8 Å². The van der Waals surface area contributed by atoms with Crippen molar-refractivity contribution in [2.24, 2.45) is 0 Å². The highest BCUT2D eigenvalue weighted by molar-refractivity contribution is 7.92. The van der Waals surface area contributed by atoms with E-state index in [1.54, 1.807) is 42.6 Å². The van der Waals surface area contributed by atoms with Gasteiger partial charge in [-0.25, -0.2) is 8.42 Å². The topological polar surface area (TPSA) is 101 Å². The molecular formula is C16H18N4O4S3. The molecule has 2 aromatic heterocycles. The Morgan fingerprint density at radius 3 is 2.52 bits per heavy atom. The summed E-state index contributed by atoms with van der Waals surface area (Å²) in [6, 6.07) is 8.36. The number of nitrogens with zero attached hydrogens (tertiary/aromatic N) is 3. The van der Waals surface area contributed by atoms with Crippen molar-refractivity contribution in [1.82, 2.24) is 13.5 Å². The second-order valence-corrected chi connectivity index (χ2v) is 10.5. The summed E-state index contributed by atoms with van der Waals surface area (Å²) in [5.41, 5.74) is 1.63. The summed E-state index contributed by atoms with van der Waals surface area (Å²) in [5, 5.41) is 5.54. The summed E-state index contributed by atoms with van der Waals surface area (Å²) in [6.07, 6.45) is 2.81. The quantitative estimate of drug-likeness (QED) is 0.652. The molecule has 8 nitrogen and oxygen atoms in total. The molecule has 3 aromatic rings. The van der Waals surface area contributed by atoms with E-state index < -0.39 is 20.2 Å². The molecule has 3 rings (SSSR count). The largest absolute Gasteiger partial charge is 0.322 e. The standard InChI is InChI=1S/C16H18N4O4S3/c1-12-6-4-5-7-16(12)26(21,22)18-14-8-15(25-11-14)13-9-17-20(10-13)27(23,24)19(2)3/h4-11,18H,1-3H3. The molecule has 1 aromatic carbocycles. The minimum atomic E-state index is -3.71. The summed E-state index contributed by atoms with van der Waals surface area (Å²) < 4.78 is 53.8. The lowest BCUT2D eigenvalue weighted by Gasteiger charge is -2.09. The molecule has 0 saturated carbocycles. The van der Waals surface area contributed by atoms with Gasteiger partial charge in [0.1, 0.15) is 0 Å². The van der Waals surface area contributed by atoms with Gasteiger partial charge in [-0.05, 0) is 24.6 Å². The minimum absolute atomic E-state index is 0.211. The van der Waals surface area contributed by atoms with Crippen molar-refractivity contribution in [3.8, 4) is 10.4 Å². The number of hydrogen-bond donors (Lipinski definition) is 1. The first-order valence-electron chi connectivity index (χ1n) is 7.76. The maximum Gasteiger partial charge on any atom is 0.322 e. The van der Waals surface area contributed by atoms with Crippen LogP contribution < -0.4 is 4.72 Å². The van der Waals surface area contributed by atoms with Crippen molar-refractivity contribution in [1.29, 1.82) is 0 Å². The SMILES string of the molecule is Cc1ccccc1S(=O)(=O)Nc1csc(-c2cnn(S(=O)(=O)N(C)C)c2)c1. The number of rotatable bonds is 6. The Morgan fingerprint density at radius 2 is 1.85 bits per heavy atom. The summed E-state index contributed by atoms with van der Waals surface area (Å²) in [6.45, 7) is 1.73. The summed E-state index contributed by atoms with van der Waals surface area (Å²) in [5.74, 6) is 0. The molecule has 0 unspecified atom stereocenters. The fourth-order valence-electron chi connectivity index (χ4n) is 2.33. The van der Waals surface area contributed by atoms with E-state index in [0.29, 0.717) is 21.7 Å². The number of benzene rings is 1. The average Bonchev–Trinajstić information content (AvgIpc) is 3.23. The molecule has 0 aliphatic rings. The molecule has 0 aliphatic heterocycles. The van der Waals surface area contributed by atoms with Crippen LogP contribution in [0.4, 0.5) is 5.69 Å². The van der Waals surface area contributed by atoms with Crippen molar-refractivity contribution in [2.75, 3.05) is 18.8 Å². The molecule has 0 bridgehead atoms. The number of aryl methyl sites for hydroxylation is 1. The van der Waals surface area contributed by atoms with Crippen molar-refractivity contribution in [3.05, 3.63) is 53.7 Å². The molecule has 0 radical (unpaired) electrons. The van der Waals surface area contributed by atoms with Crippen LogP contribution in [0.2, 0.25) is 0 Å². The molecule has 0 atom stereocenters. The molecule has 1 N–H and O–H groups in total. The molecule has 0 saturated heterocycles. The van der Waals surface area contributed by atoms with Gasteiger partial charge in [-0.2, -0.15) is 21.9 Å². The number of thiophene rings is 1. The maximum atomic E-state index is 12.6. The van der Waals surface area contributed by atoms with Crippen LogP contribution in [-0.4, -0.2) is 44.4 Å². The van der Waals surface area contributed by atoms with Crippen LogP contribution in [0.3, 0.4) is 0 Å². The van der Waals surface area contributed by atoms with Gasteiger partial charge in [0.15, 0.2) is 0 Å². The Kier molecular flexibility index (Phi) is 5.12. The highest BCUT2D eigenvalue weighted by Crippen LogP contribution is 2.31. The molecule has 0 spiro atoms. The van der Waals surface area contributed by atoms with Crippen LogP contribution in [0.5, 0.6) is 0 Å². The molecular weight excluding hydrogens is 408 g/mol. The smallest absolute Gasteiger partial charge is 0.279 e. The molecule has 27 heavy (non-hydrogen) atoms. The number of aromatic nitrogens is 2. The zero-order valence-electron chi connectivity index (χ0n) is 14.8. The highest BCUT2D eigenvalue weighted by atomic mass is 32.2. The second kappa shape index (κ2) is 7.08. The number of hydrogen-bond acceptors (Lipinski definition) is 6. The van der Waals surface area contributed by atoms with E-state index in [0.717, 1.165) is 8.39 Å². The van der Waals surface area contributed by atoms with E-state index in [-0.39, 0.29) is 4.90 Å². The van der Waals surface area contributed by atoms with Gasteiger partial charge in [0, 0.05) is 29.9 Å². The first-order valence-corrected chi connectivity index (χ1v) is 11.5. The van der Waals surface area contributed by atoms with E-state index in [4.69, 9.17) is 0 Å². The molecule has 0 amide bonds. The van der Waals surface area contributed by atoms with E-state index in [1.807, 2.05) is 0 Å². The minimum Gasteiger partial charge on any atom is -0.279 e. The van der Waals surface area contributed by atoms with Crippen LogP contribution in [0.1, 0.15) is 5.56 Å². The van der Waals surface area contributed by atoms with Gasteiger partial charge in [0.2, 0.25) is 0 Å². The van der Waals surface area contributed by atoms with Gasteiger partial charge in [-0.3, -0.25) is 4.72 Å². The molecule has 2 heterocycles. The lowest BCUT2D eigenvalue weighted by molar-refractivity contribution is 0.504. The predicted octanol–water partition coefficient (Wildman–Crippen LogP) is 2.38. The van der Waals surface area contributed by atoms with Crippen LogP contribution in [0.15, 0.2) is 53.0 Å². The maximum absolute atomic E-state index is 12.6. The lowest BCUT2D eigenvalue weighted by Crippen LogP contribution is -2.29. The average molecular weight is 427 g/mol. The van der Waals surface area contributed by atoms with Crippen LogP contribution in [0, 0.1) is 6.92 Å². The molecule has 0 fully saturated rings. The van der Waals surface area contributed by atoms with E-state index >= 15 is 0 Å². The van der Waals surface area contributed by atoms with Crippen LogP contribution >= 0.6 is 11.3 Å². The zero-order valence-corrected chi connectivity index (χ0v) is 17.3. The zero-order chi connectivity index (χ0) is 19.8. The Bertz CT molecular complexity index is 1180. The molecule has 11 heteroatoms. The third-order valence-corrected chi connectivity index (χ3v) is 7.89. The number of nitrogens with one attached hydrogen (secondary N) is 1. The van der Waals surface area contributed by atoms with Gasteiger partial charge >= 0.3 is 10.2 Å². The van der Waals surface area contributed by atoms with Crippen molar-refractivity contribution >= 4 is 37.3 Å². The second-order valence-electron chi connectivity index (χ2n) is 5.96. The van der Waals surface area contributed by atoms with E-state index in [1.165, 1.54) is 37.8 Å². The monoisotopic (exact) mass is 426 g/mol. The molecule has 144 valence electrons. The van der Waals surface area contributed by atoms with Gasteiger partial charge in [-0.15, -0.1) is 11.3 Å². The van der Waals surface area contributed by atoms with Crippen LogP contribution in [-0.2, 0) is 20.2 Å². The third kappa shape index (κ3) is 3.90. The van der Waals surface area contributed by atoms with Gasteiger partial charge in [0.05, 0.1) is 23.0 Å². The summed E-state index contributed by atoms with van der Waals surface area (Å²) in [7, 11) is -4.57. The van der Waals surface area contributed by atoms with Gasteiger partial charge < -0.3 is 0 Å². The van der Waals surface area contributed by atoms with Crippen molar-refractivity contribution in [3.63, 3.8) is 0 Å². The Hall–Kier alpha value is -2.21. The Balaban J connectivity index is 1.86. The van der Waals surface area contributed by atoms with Crippen molar-refractivity contribution < 1.29 is 16.8 Å². The fraction of sp³-hybridized carbons (Fsp3) is 0.188. The Labute approximate surface area is 162 Å². The predicted molar refractivity (Wildman–Crippen MR) is 106 cm³/mol. The van der Waals surface area contributed by atoms with Gasteiger partial charge in [0.25, 0.3) is 10.0 Å². The van der Waals surface area contributed by atoms with Crippen molar-refractivity contribution in [2.45, 2.75) is 11.8 Å². The van der Waals surface area contributed by atoms with Crippen LogP contribution in [0.25, 0.3) is 10.4 Å². The number of anilines is 1. The van der Waals surface area contributed by atoms with Gasteiger partial charge in [-0.1, -0.05) is 18.2 Å². The first-order chi connectivity index (χ1) is 12.6. The fourth-order valence-corrected chi connectivity index (χ4v) is 5.26. The Morgan fingerprint density at radius 1 is 1.15 bits per heavy atom. The first kappa shape index (κ1) is 19.5. The molecule has 0 aliphatic carbocycles. The number of sulfonamides is 1. The lowest BCUT2D eigenvalue weighted by atomic mass is 10.2. The third-order valence-electron chi connectivity index (χ3n) is 3.78. The van der Waals surface area contributed by atoms with E-state index in [2.05, 4.69) is 9.82 Å². The highest BCUT2D eigenvalue weighted by Gasteiger charge is 2.20. The normalized spacial score (nSPS) is 12.4.